The van der Waals surface area contributed by atoms with E-state index in [0.29, 0.717) is 15.5 Å². The van der Waals surface area contributed by atoms with Crippen molar-refractivity contribution in [3.63, 3.8) is 0 Å². The number of hydrogen-bond donors (Lipinski definition) is 3. The summed E-state index contributed by atoms with van der Waals surface area (Å²) in [4.78, 5) is 0. The van der Waals surface area contributed by atoms with Crippen molar-refractivity contribution in [1.29, 1.82) is 0 Å². The number of phosphoric acid groups is 1. The molecule has 0 radical (unpaired) electrons. The molecule has 38 heavy (non-hydrogen) atoms. The second kappa shape index (κ2) is 12.2. The molecular weight excluding hydrogens is 536 g/mol. The van der Waals surface area contributed by atoms with Crippen LogP contribution < -0.4 is 47.3 Å². The molecule has 0 aliphatic heterocycles. The fourth-order valence-electron chi connectivity index (χ4n) is 2.89. The summed E-state index contributed by atoms with van der Waals surface area (Å²) >= 11 is 0. The molecule has 0 saturated heterocycles. The second-order valence-corrected chi connectivity index (χ2v) is 8.51. The maximum Gasteiger partial charge on any atom is 0.543 e. The van der Waals surface area contributed by atoms with Crippen molar-refractivity contribution in [2.45, 2.75) is 0 Å². The summed E-state index contributed by atoms with van der Waals surface area (Å²) < 4.78 is 86.0. The van der Waals surface area contributed by atoms with Gasteiger partial charge in [0.15, 0.2) is 34.7 Å². The summed E-state index contributed by atoms with van der Waals surface area (Å²) in [5.41, 5.74) is -0.517. The zero-order valence-corrected chi connectivity index (χ0v) is 21.1. The lowest BCUT2D eigenvalue weighted by Crippen LogP contribution is -2.38. The molecule has 3 rings (SSSR count). The molecule has 0 saturated carbocycles. The van der Waals surface area contributed by atoms with Gasteiger partial charge in [-0.2, -0.15) is 15.5 Å². The van der Waals surface area contributed by atoms with Crippen LogP contribution in [0.1, 0.15) is 0 Å². The van der Waals surface area contributed by atoms with Gasteiger partial charge >= 0.3 is 7.82 Å². The number of ether oxygens (including phenoxy) is 3. The lowest BCUT2D eigenvalue weighted by atomic mass is 10.3. The van der Waals surface area contributed by atoms with Crippen molar-refractivity contribution in [2.75, 3.05) is 36.8 Å². The van der Waals surface area contributed by atoms with Crippen LogP contribution in [0, 0.1) is 17.5 Å². The van der Waals surface area contributed by atoms with Crippen molar-refractivity contribution >= 4 is 24.9 Å². The summed E-state index contributed by atoms with van der Waals surface area (Å²) in [7, 11) is -1.29. The van der Waals surface area contributed by atoms with Gasteiger partial charge in [-0.15, -0.1) is 13.9 Å². The Labute approximate surface area is 214 Å². The summed E-state index contributed by atoms with van der Waals surface area (Å²) in [6.07, 6.45) is 0. The van der Waals surface area contributed by atoms with E-state index < -0.39 is 25.3 Å². The van der Waals surface area contributed by atoms with E-state index in [0.717, 1.165) is 18.2 Å². The minimum Gasteiger partial charge on any atom is -0.494 e. The predicted molar refractivity (Wildman–Crippen MR) is 130 cm³/mol. The van der Waals surface area contributed by atoms with Crippen molar-refractivity contribution in [2.24, 2.45) is 17.5 Å². The topological polar surface area (TPSA) is 160 Å². The van der Waals surface area contributed by atoms with E-state index in [9.17, 15) is 17.7 Å². The van der Waals surface area contributed by atoms with E-state index in [4.69, 9.17) is 45.6 Å². The van der Waals surface area contributed by atoms with E-state index in [2.05, 4.69) is 0 Å². The van der Waals surface area contributed by atoms with Crippen molar-refractivity contribution in [3.8, 4) is 17.2 Å². The number of methoxy groups -OCH3 is 3. The van der Waals surface area contributed by atoms with E-state index in [1.165, 1.54) is 57.7 Å². The molecule has 3 aromatic carbocycles. The highest BCUT2D eigenvalue weighted by molar-refractivity contribution is 7.48. The van der Waals surface area contributed by atoms with Gasteiger partial charge in [-0.3, -0.25) is 0 Å². The fourth-order valence-corrected chi connectivity index (χ4v) is 3.91. The Bertz CT molecular complexity index is 1170. The first-order valence-electron chi connectivity index (χ1n) is 10.3. The maximum absolute atomic E-state index is 14.2. The molecule has 13 nitrogen and oxygen atoms in total. The van der Waals surface area contributed by atoms with Gasteiger partial charge in [0.05, 0.1) is 38.4 Å². The number of benzene rings is 3. The van der Waals surface area contributed by atoms with Gasteiger partial charge < -0.3 is 14.2 Å². The molecule has 0 fully saturated rings. The molecule has 206 valence electrons. The molecule has 0 aliphatic carbocycles. The number of hydrogen-bond acceptors (Lipinski definition) is 13. The smallest absolute Gasteiger partial charge is 0.494 e. The third-order valence-electron chi connectivity index (χ3n) is 4.73. The van der Waals surface area contributed by atoms with Gasteiger partial charge in [0.2, 0.25) is 0 Å². The molecule has 17 heteroatoms. The maximum atomic E-state index is 14.2. The molecule has 0 aromatic heterocycles. The Morgan fingerprint density at radius 2 is 0.842 bits per heavy atom. The van der Waals surface area contributed by atoms with Crippen LogP contribution in [0.2, 0.25) is 0 Å². The molecule has 3 aromatic rings. The van der Waals surface area contributed by atoms with Crippen molar-refractivity contribution < 1.29 is 45.8 Å². The first-order valence-corrected chi connectivity index (χ1v) is 11.8. The highest BCUT2D eigenvalue weighted by atomic mass is 31.2. The number of anilines is 3. The quantitative estimate of drug-likeness (QED) is 0.168. The number of hydrazine groups is 3. The minimum atomic E-state index is -5.04. The summed E-state index contributed by atoms with van der Waals surface area (Å²) in [6.45, 7) is 0. The molecule has 0 bridgehead atoms. The van der Waals surface area contributed by atoms with E-state index in [-0.39, 0.29) is 34.3 Å². The average Bonchev–Trinajstić information content (AvgIpc) is 2.88. The van der Waals surface area contributed by atoms with Gasteiger partial charge in [-0.25, -0.2) is 35.3 Å². The van der Waals surface area contributed by atoms with Crippen LogP contribution in [0.5, 0.6) is 17.2 Å². The van der Waals surface area contributed by atoms with Crippen LogP contribution in [-0.4, -0.2) is 21.3 Å². The summed E-state index contributed by atoms with van der Waals surface area (Å²) in [5.74, 6) is 14.6. The number of halogens is 3. The SMILES string of the molecule is COc1ccc(N(N)OP(=O)(ON(N)c2ccc(OC)c(F)c2)ON(N)c2ccc(OC)c(F)c2)cc1F. The molecule has 6 N–H and O–H groups in total. The van der Waals surface area contributed by atoms with Gasteiger partial charge in [0, 0.05) is 18.2 Å². The first-order chi connectivity index (χ1) is 18.0. The third-order valence-corrected chi connectivity index (χ3v) is 5.86. The first kappa shape index (κ1) is 28.8. The van der Waals surface area contributed by atoms with E-state index in [1.807, 2.05) is 0 Å². The third kappa shape index (κ3) is 6.76. The zero-order valence-electron chi connectivity index (χ0n) is 20.2. The van der Waals surface area contributed by atoms with Gasteiger partial charge in [0.25, 0.3) is 0 Å². The van der Waals surface area contributed by atoms with Crippen LogP contribution in [0.4, 0.5) is 30.2 Å². The monoisotopic (exact) mass is 560 g/mol. The van der Waals surface area contributed by atoms with E-state index in [1.54, 1.807) is 0 Å². The predicted octanol–water partition coefficient (Wildman–Crippen LogP) is 3.47. The Balaban J connectivity index is 1.91. The molecule has 0 heterocycles. The Morgan fingerprint density at radius 1 is 0.579 bits per heavy atom. The standard InChI is InChI=1S/C21H24F3N6O7P/c1-32-19-7-4-13(10-16(19)22)28(25)35-38(31,36-29(26)14-5-8-20(33-2)17(23)11-14)37-30(27)15-6-9-21(34-3)18(24)12-15/h4-12H,25-27H2,1-3H3. The van der Waals surface area contributed by atoms with Gasteiger partial charge in [-0.05, 0) is 36.4 Å². The second-order valence-electron chi connectivity index (χ2n) is 7.13. The lowest BCUT2D eigenvalue weighted by molar-refractivity contribution is 0.0858. The molecular formula is C21H24F3N6O7P. The van der Waals surface area contributed by atoms with E-state index >= 15 is 0 Å². The Kier molecular flexibility index (Phi) is 9.24. The highest BCUT2D eigenvalue weighted by Crippen LogP contribution is 2.52. The lowest BCUT2D eigenvalue weighted by Gasteiger charge is -2.29. The number of nitrogens with two attached hydrogens (primary N) is 3. The van der Waals surface area contributed by atoms with Crippen LogP contribution in [0.15, 0.2) is 54.6 Å². The largest absolute Gasteiger partial charge is 0.543 e. The van der Waals surface area contributed by atoms with Crippen LogP contribution in [-0.2, 0) is 18.4 Å². The molecule has 0 amide bonds. The average molecular weight is 560 g/mol. The number of rotatable bonds is 12. The number of nitrogens with zero attached hydrogens (tertiary/aromatic N) is 3. The minimum absolute atomic E-state index is 0.109. The van der Waals surface area contributed by atoms with Crippen molar-refractivity contribution in [1.82, 2.24) is 0 Å². The summed E-state index contributed by atoms with van der Waals surface area (Å²) in [5, 5.41) is 1.02. The molecule has 0 aliphatic rings. The molecule has 0 atom stereocenters. The highest BCUT2D eigenvalue weighted by Gasteiger charge is 2.37. The van der Waals surface area contributed by atoms with Crippen LogP contribution in [0.3, 0.4) is 0 Å². The fraction of sp³-hybridized carbons (Fsp3) is 0.143. The Hall–Kier alpha value is -3.76. The van der Waals surface area contributed by atoms with Gasteiger partial charge in [0.1, 0.15) is 0 Å². The van der Waals surface area contributed by atoms with Crippen LogP contribution >= 0.6 is 7.82 Å². The normalized spacial score (nSPS) is 11.2. The molecule has 0 spiro atoms. The van der Waals surface area contributed by atoms with Crippen LogP contribution in [0.25, 0.3) is 0 Å². The zero-order chi connectivity index (χ0) is 28.0. The Morgan fingerprint density at radius 3 is 1.05 bits per heavy atom. The van der Waals surface area contributed by atoms with Crippen molar-refractivity contribution in [3.05, 3.63) is 72.0 Å². The molecule has 0 unspecified atom stereocenters. The summed E-state index contributed by atoms with van der Waals surface area (Å²) in [6, 6.07) is 10.1. The van der Waals surface area contributed by atoms with Gasteiger partial charge in [-0.1, -0.05) is 0 Å².